The molecule has 0 aliphatic carbocycles. The van der Waals surface area contributed by atoms with Gasteiger partial charge >= 0.3 is 0 Å². The van der Waals surface area contributed by atoms with E-state index in [4.69, 9.17) is 0 Å². The summed E-state index contributed by atoms with van der Waals surface area (Å²) in [6.07, 6.45) is 1.05. The zero-order valence-electron chi connectivity index (χ0n) is 10.1. The molecule has 1 fully saturated rings. The lowest BCUT2D eigenvalue weighted by atomic mass is 10.2. The fourth-order valence-corrected chi connectivity index (χ4v) is 3.39. The molecule has 3 nitrogen and oxygen atoms in total. The minimum Gasteiger partial charge on any atom is -0.335 e. The minimum atomic E-state index is 0.162. The Morgan fingerprint density at radius 2 is 2.29 bits per heavy atom. The molecular weight excluding hydrogens is 300 g/mol. The molecule has 17 heavy (non-hydrogen) atoms. The summed E-state index contributed by atoms with van der Waals surface area (Å²) in [6.45, 7) is 5.01. The van der Waals surface area contributed by atoms with Crippen LogP contribution in [0.15, 0.2) is 15.2 Å². The van der Waals surface area contributed by atoms with Crippen molar-refractivity contribution >= 4 is 33.2 Å². The molecule has 0 radical (unpaired) electrons. The molecule has 1 aromatic heterocycles. The molecule has 1 aromatic rings. The number of amides is 1. The number of hydrogen-bond acceptors (Lipinski definition) is 3. The van der Waals surface area contributed by atoms with E-state index in [2.05, 4.69) is 34.8 Å². The van der Waals surface area contributed by atoms with Gasteiger partial charge in [0.1, 0.15) is 0 Å². The van der Waals surface area contributed by atoms with E-state index in [1.807, 2.05) is 16.3 Å². The van der Waals surface area contributed by atoms with Gasteiger partial charge in [0.25, 0.3) is 5.91 Å². The SMILES string of the molecule is CC1CN(C)CCCN1C(=O)c1csc(Br)c1. The Balaban J connectivity index is 2.12. The third-order valence-corrected chi connectivity index (χ3v) is 4.63. The van der Waals surface area contributed by atoms with Gasteiger partial charge in [-0.1, -0.05) is 0 Å². The summed E-state index contributed by atoms with van der Waals surface area (Å²) in [6, 6.07) is 2.20. The Morgan fingerprint density at radius 3 is 2.94 bits per heavy atom. The monoisotopic (exact) mass is 316 g/mol. The molecule has 0 saturated carbocycles. The van der Waals surface area contributed by atoms with Crippen LogP contribution in [0.3, 0.4) is 0 Å². The summed E-state index contributed by atoms with van der Waals surface area (Å²) >= 11 is 4.97. The van der Waals surface area contributed by atoms with Crippen molar-refractivity contribution in [3.05, 3.63) is 20.8 Å². The lowest BCUT2D eigenvalue weighted by molar-refractivity contribution is 0.0697. The molecule has 2 rings (SSSR count). The number of carbonyl (C=O) groups excluding carboxylic acids is 1. The van der Waals surface area contributed by atoms with Crippen LogP contribution in [0.1, 0.15) is 23.7 Å². The van der Waals surface area contributed by atoms with Crippen LogP contribution < -0.4 is 0 Å². The highest BCUT2D eigenvalue weighted by Crippen LogP contribution is 2.23. The first-order valence-corrected chi connectivity index (χ1v) is 7.48. The highest BCUT2D eigenvalue weighted by atomic mass is 79.9. The van der Waals surface area contributed by atoms with E-state index in [1.165, 1.54) is 0 Å². The van der Waals surface area contributed by atoms with E-state index in [1.54, 1.807) is 11.3 Å². The van der Waals surface area contributed by atoms with Crippen molar-refractivity contribution in [1.29, 1.82) is 0 Å². The summed E-state index contributed by atoms with van der Waals surface area (Å²) in [7, 11) is 2.12. The Kier molecular flexibility index (Phi) is 4.22. The number of likely N-dealkylation sites (N-methyl/N-ethyl adjacent to an activating group) is 1. The van der Waals surface area contributed by atoms with Crippen molar-refractivity contribution in [2.24, 2.45) is 0 Å². The van der Waals surface area contributed by atoms with E-state index >= 15 is 0 Å². The van der Waals surface area contributed by atoms with E-state index in [9.17, 15) is 4.79 Å². The van der Waals surface area contributed by atoms with Crippen molar-refractivity contribution in [3.63, 3.8) is 0 Å². The largest absolute Gasteiger partial charge is 0.335 e. The molecule has 1 aliphatic heterocycles. The topological polar surface area (TPSA) is 23.6 Å². The average Bonchev–Trinajstić information content (AvgIpc) is 2.62. The number of thiophene rings is 1. The van der Waals surface area contributed by atoms with Crippen molar-refractivity contribution < 1.29 is 4.79 Å². The molecule has 0 bridgehead atoms. The molecule has 2 heterocycles. The average molecular weight is 317 g/mol. The van der Waals surface area contributed by atoms with Crippen LogP contribution >= 0.6 is 27.3 Å². The number of carbonyl (C=O) groups is 1. The maximum absolute atomic E-state index is 12.4. The van der Waals surface area contributed by atoms with Gasteiger partial charge in [-0.2, -0.15) is 0 Å². The highest BCUT2D eigenvalue weighted by Gasteiger charge is 2.25. The van der Waals surface area contributed by atoms with Crippen LogP contribution in [0.4, 0.5) is 0 Å². The highest BCUT2D eigenvalue weighted by molar-refractivity contribution is 9.11. The standard InChI is InChI=1S/C12H17BrN2OS/c1-9-7-14(2)4-3-5-15(9)12(16)10-6-11(13)17-8-10/h6,8-9H,3-5,7H2,1-2H3. The summed E-state index contributed by atoms with van der Waals surface area (Å²) in [5.74, 6) is 0.162. The second-order valence-corrected chi connectivity index (χ2v) is 6.89. The molecule has 94 valence electrons. The van der Waals surface area contributed by atoms with Crippen LogP contribution in [0.5, 0.6) is 0 Å². The Bertz CT molecular complexity index is 407. The van der Waals surface area contributed by atoms with Crippen molar-refractivity contribution in [3.8, 4) is 0 Å². The molecule has 0 aromatic carbocycles. The Labute approximate surface area is 115 Å². The van der Waals surface area contributed by atoms with Gasteiger partial charge in [-0.25, -0.2) is 0 Å². The first-order chi connectivity index (χ1) is 8.08. The summed E-state index contributed by atoms with van der Waals surface area (Å²) in [5, 5.41) is 1.92. The molecular formula is C12H17BrN2OS. The lowest BCUT2D eigenvalue weighted by Crippen LogP contribution is -2.41. The summed E-state index contributed by atoms with van der Waals surface area (Å²) in [4.78, 5) is 16.7. The third kappa shape index (κ3) is 3.09. The van der Waals surface area contributed by atoms with Gasteiger partial charge in [-0.15, -0.1) is 11.3 Å². The van der Waals surface area contributed by atoms with Crippen molar-refractivity contribution in [2.75, 3.05) is 26.7 Å². The number of rotatable bonds is 1. The zero-order valence-corrected chi connectivity index (χ0v) is 12.6. The van der Waals surface area contributed by atoms with Crippen LogP contribution in [0, 0.1) is 0 Å². The molecule has 1 amide bonds. The van der Waals surface area contributed by atoms with Gasteiger partial charge < -0.3 is 9.80 Å². The number of halogens is 1. The van der Waals surface area contributed by atoms with Crippen LogP contribution in [-0.4, -0.2) is 48.4 Å². The third-order valence-electron chi connectivity index (χ3n) is 3.12. The number of hydrogen-bond donors (Lipinski definition) is 0. The van der Waals surface area contributed by atoms with Crippen molar-refractivity contribution in [2.45, 2.75) is 19.4 Å². The van der Waals surface area contributed by atoms with Gasteiger partial charge in [-0.05, 0) is 48.9 Å². The quantitative estimate of drug-likeness (QED) is 0.795. The molecule has 5 heteroatoms. The first kappa shape index (κ1) is 13.1. The fraction of sp³-hybridized carbons (Fsp3) is 0.583. The van der Waals surface area contributed by atoms with Gasteiger partial charge in [0.15, 0.2) is 0 Å². The van der Waals surface area contributed by atoms with E-state index in [0.717, 1.165) is 35.4 Å². The predicted molar refractivity (Wildman–Crippen MR) is 74.6 cm³/mol. The molecule has 1 atom stereocenters. The van der Waals surface area contributed by atoms with Gasteiger partial charge in [0, 0.05) is 24.5 Å². The normalized spacial score (nSPS) is 22.5. The maximum Gasteiger partial charge on any atom is 0.255 e. The Hall–Kier alpha value is -0.390. The summed E-state index contributed by atoms with van der Waals surface area (Å²) < 4.78 is 1.01. The molecule has 1 saturated heterocycles. The molecule has 0 spiro atoms. The number of nitrogens with zero attached hydrogens (tertiary/aromatic N) is 2. The van der Waals surface area contributed by atoms with Crippen LogP contribution in [-0.2, 0) is 0 Å². The minimum absolute atomic E-state index is 0.162. The van der Waals surface area contributed by atoms with E-state index in [-0.39, 0.29) is 11.9 Å². The second kappa shape index (κ2) is 5.50. The second-order valence-electron chi connectivity index (χ2n) is 4.60. The van der Waals surface area contributed by atoms with Gasteiger partial charge in [0.05, 0.1) is 9.35 Å². The van der Waals surface area contributed by atoms with Crippen molar-refractivity contribution in [1.82, 2.24) is 9.80 Å². The van der Waals surface area contributed by atoms with Crippen LogP contribution in [0.25, 0.3) is 0 Å². The zero-order chi connectivity index (χ0) is 12.4. The maximum atomic E-state index is 12.4. The van der Waals surface area contributed by atoms with E-state index < -0.39 is 0 Å². The predicted octanol–water partition coefficient (Wildman–Crippen LogP) is 2.68. The Morgan fingerprint density at radius 1 is 1.53 bits per heavy atom. The van der Waals surface area contributed by atoms with Gasteiger partial charge in [-0.3, -0.25) is 4.79 Å². The smallest absolute Gasteiger partial charge is 0.255 e. The lowest BCUT2D eigenvalue weighted by Gasteiger charge is -2.27. The summed E-state index contributed by atoms with van der Waals surface area (Å²) in [5.41, 5.74) is 0.804. The molecule has 1 aliphatic rings. The van der Waals surface area contributed by atoms with Gasteiger partial charge in [0.2, 0.25) is 0 Å². The van der Waals surface area contributed by atoms with Crippen LogP contribution in [0.2, 0.25) is 0 Å². The van der Waals surface area contributed by atoms with E-state index in [0.29, 0.717) is 0 Å². The molecule has 1 unspecified atom stereocenters. The first-order valence-electron chi connectivity index (χ1n) is 5.81. The fourth-order valence-electron chi connectivity index (χ4n) is 2.26. The molecule has 0 N–H and O–H groups in total.